The lowest BCUT2D eigenvalue weighted by molar-refractivity contribution is -0.387. The fraction of sp³-hybridized carbons (Fsp3) is 0.250. The van der Waals surface area contributed by atoms with Gasteiger partial charge in [0.05, 0.1) is 15.6 Å². The standard InChI is InChI=1S/C16H15Cl2N3O4S/c17-12-5-6-13(18)15(11-12)19-7-9-20(10-8-19)26(24,25)16-4-2-1-3-14(16)21(22)23/h1-6,11H,7-10H2. The van der Waals surface area contributed by atoms with E-state index in [-0.39, 0.29) is 18.0 Å². The summed E-state index contributed by atoms with van der Waals surface area (Å²) in [5.41, 5.74) is 0.315. The van der Waals surface area contributed by atoms with E-state index in [9.17, 15) is 18.5 Å². The fourth-order valence-corrected chi connectivity index (χ4v) is 4.85. The first-order chi connectivity index (χ1) is 12.3. The van der Waals surface area contributed by atoms with Crippen molar-refractivity contribution in [2.24, 2.45) is 0 Å². The van der Waals surface area contributed by atoms with Gasteiger partial charge in [0, 0.05) is 37.3 Å². The maximum atomic E-state index is 12.8. The molecule has 7 nitrogen and oxygen atoms in total. The lowest BCUT2D eigenvalue weighted by atomic mass is 10.2. The number of nitrogens with zero attached hydrogens (tertiary/aromatic N) is 3. The van der Waals surface area contributed by atoms with E-state index in [1.807, 2.05) is 4.90 Å². The quantitative estimate of drug-likeness (QED) is 0.564. The molecule has 0 spiro atoms. The Morgan fingerprint density at radius 3 is 2.31 bits per heavy atom. The molecule has 0 aliphatic carbocycles. The van der Waals surface area contributed by atoms with Crippen molar-refractivity contribution in [2.45, 2.75) is 4.90 Å². The summed E-state index contributed by atoms with van der Waals surface area (Å²) in [6.07, 6.45) is 0. The molecule has 0 N–H and O–H groups in total. The Bertz CT molecular complexity index is 944. The molecule has 10 heteroatoms. The van der Waals surface area contributed by atoms with E-state index in [1.165, 1.54) is 28.6 Å². The largest absolute Gasteiger partial charge is 0.368 e. The predicted molar refractivity (Wildman–Crippen MR) is 101 cm³/mol. The van der Waals surface area contributed by atoms with E-state index in [0.29, 0.717) is 23.1 Å². The predicted octanol–water partition coefficient (Wildman–Crippen LogP) is 3.41. The van der Waals surface area contributed by atoms with Crippen LogP contribution < -0.4 is 4.90 Å². The SMILES string of the molecule is O=[N+]([O-])c1ccccc1S(=O)(=O)N1CCN(c2cc(Cl)ccc2Cl)CC1. The first-order valence-corrected chi connectivity index (χ1v) is 9.94. The molecule has 1 aliphatic rings. The molecule has 26 heavy (non-hydrogen) atoms. The Balaban J connectivity index is 1.81. The van der Waals surface area contributed by atoms with Crippen molar-refractivity contribution in [1.82, 2.24) is 4.31 Å². The van der Waals surface area contributed by atoms with E-state index < -0.39 is 20.6 Å². The molecule has 0 atom stereocenters. The first-order valence-electron chi connectivity index (χ1n) is 7.74. The number of para-hydroxylation sites is 1. The van der Waals surface area contributed by atoms with E-state index in [2.05, 4.69) is 0 Å². The van der Waals surface area contributed by atoms with Crippen molar-refractivity contribution in [3.8, 4) is 0 Å². The number of anilines is 1. The molecule has 0 aromatic heterocycles. The molecular formula is C16H15Cl2N3O4S. The smallest absolute Gasteiger partial charge is 0.289 e. The van der Waals surface area contributed by atoms with Gasteiger partial charge in [-0.15, -0.1) is 0 Å². The van der Waals surface area contributed by atoms with Gasteiger partial charge in [0.15, 0.2) is 4.90 Å². The molecule has 0 radical (unpaired) electrons. The summed E-state index contributed by atoms with van der Waals surface area (Å²) in [6.45, 7) is 1.19. The minimum Gasteiger partial charge on any atom is -0.368 e. The summed E-state index contributed by atoms with van der Waals surface area (Å²) >= 11 is 12.2. The Morgan fingerprint density at radius 2 is 1.65 bits per heavy atom. The van der Waals surface area contributed by atoms with Gasteiger partial charge in [-0.3, -0.25) is 10.1 Å². The third kappa shape index (κ3) is 3.64. The number of nitro benzene ring substituents is 1. The molecule has 2 aromatic rings. The third-order valence-electron chi connectivity index (χ3n) is 4.17. The molecule has 1 saturated heterocycles. The van der Waals surface area contributed by atoms with E-state index >= 15 is 0 Å². The number of sulfonamides is 1. The molecule has 0 bridgehead atoms. The third-order valence-corrected chi connectivity index (χ3v) is 6.67. The van der Waals surface area contributed by atoms with Crippen LogP contribution in [0, 0.1) is 10.1 Å². The lowest BCUT2D eigenvalue weighted by Crippen LogP contribution is -2.48. The van der Waals surface area contributed by atoms with Gasteiger partial charge in [-0.05, 0) is 24.3 Å². The van der Waals surface area contributed by atoms with Crippen LogP contribution in [0.1, 0.15) is 0 Å². The van der Waals surface area contributed by atoms with Crippen molar-refractivity contribution in [3.05, 3.63) is 62.6 Å². The summed E-state index contributed by atoms with van der Waals surface area (Å²) in [6, 6.07) is 10.5. The normalized spacial score (nSPS) is 15.8. The van der Waals surface area contributed by atoms with Crippen LogP contribution in [0.5, 0.6) is 0 Å². The molecule has 2 aromatic carbocycles. The number of piperazine rings is 1. The minimum atomic E-state index is -3.96. The van der Waals surface area contributed by atoms with Crippen LogP contribution in [-0.4, -0.2) is 43.8 Å². The van der Waals surface area contributed by atoms with Crippen LogP contribution in [0.25, 0.3) is 0 Å². The van der Waals surface area contributed by atoms with Crippen molar-refractivity contribution >= 4 is 44.6 Å². The minimum absolute atomic E-state index is 0.192. The van der Waals surface area contributed by atoms with Crippen molar-refractivity contribution in [2.75, 3.05) is 31.1 Å². The van der Waals surface area contributed by atoms with Gasteiger partial charge in [0.25, 0.3) is 5.69 Å². The van der Waals surface area contributed by atoms with E-state index in [0.717, 1.165) is 5.69 Å². The molecule has 138 valence electrons. The molecule has 1 heterocycles. The highest BCUT2D eigenvalue weighted by atomic mass is 35.5. The van der Waals surface area contributed by atoms with Gasteiger partial charge in [-0.2, -0.15) is 4.31 Å². The highest BCUT2D eigenvalue weighted by Crippen LogP contribution is 2.31. The molecule has 1 fully saturated rings. The molecule has 0 unspecified atom stereocenters. The van der Waals surface area contributed by atoms with Crippen LogP contribution in [0.3, 0.4) is 0 Å². The highest BCUT2D eigenvalue weighted by Gasteiger charge is 2.33. The molecular weight excluding hydrogens is 401 g/mol. The van der Waals surface area contributed by atoms with Gasteiger partial charge in [0.1, 0.15) is 0 Å². The van der Waals surface area contributed by atoms with Crippen molar-refractivity contribution in [3.63, 3.8) is 0 Å². The summed E-state index contributed by atoms with van der Waals surface area (Å²) in [5.74, 6) is 0. The molecule has 1 aliphatic heterocycles. The van der Waals surface area contributed by atoms with Gasteiger partial charge in [-0.25, -0.2) is 8.42 Å². The topological polar surface area (TPSA) is 83.8 Å². The highest BCUT2D eigenvalue weighted by molar-refractivity contribution is 7.89. The monoisotopic (exact) mass is 415 g/mol. The number of hydrogen-bond acceptors (Lipinski definition) is 5. The van der Waals surface area contributed by atoms with Crippen molar-refractivity contribution in [1.29, 1.82) is 0 Å². The second-order valence-electron chi connectivity index (χ2n) is 5.71. The van der Waals surface area contributed by atoms with E-state index in [1.54, 1.807) is 18.2 Å². The number of rotatable bonds is 4. The Hall–Kier alpha value is -1.87. The molecule has 3 rings (SSSR count). The van der Waals surface area contributed by atoms with Crippen LogP contribution in [0.2, 0.25) is 10.0 Å². The van der Waals surface area contributed by atoms with Crippen LogP contribution in [0.15, 0.2) is 47.4 Å². The summed E-state index contributed by atoms with van der Waals surface area (Å²) in [7, 11) is -3.96. The van der Waals surface area contributed by atoms with Crippen LogP contribution in [0.4, 0.5) is 11.4 Å². The fourth-order valence-electron chi connectivity index (χ4n) is 2.86. The maximum absolute atomic E-state index is 12.8. The van der Waals surface area contributed by atoms with Gasteiger partial charge < -0.3 is 4.90 Å². The second-order valence-corrected chi connectivity index (χ2v) is 8.46. The van der Waals surface area contributed by atoms with Gasteiger partial charge >= 0.3 is 0 Å². The molecule has 0 amide bonds. The zero-order chi connectivity index (χ0) is 18.9. The van der Waals surface area contributed by atoms with Crippen LogP contribution >= 0.6 is 23.2 Å². The Kier molecular flexibility index (Phi) is 5.38. The van der Waals surface area contributed by atoms with Gasteiger partial charge in [0.2, 0.25) is 10.0 Å². The molecule has 0 saturated carbocycles. The maximum Gasteiger partial charge on any atom is 0.289 e. The first kappa shape index (κ1) is 18.9. The summed E-state index contributed by atoms with van der Waals surface area (Å²) < 4.78 is 26.9. The van der Waals surface area contributed by atoms with Gasteiger partial charge in [-0.1, -0.05) is 35.3 Å². The van der Waals surface area contributed by atoms with E-state index in [4.69, 9.17) is 23.2 Å². The Morgan fingerprint density at radius 1 is 1.00 bits per heavy atom. The number of hydrogen-bond donors (Lipinski definition) is 0. The number of benzene rings is 2. The van der Waals surface area contributed by atoms with Crippen molar-refractivity contribution < 1.29 is 13.3 Å². The van der Waals surface area contributed by atoms with Crippen LogP contribution in [-0.2, 0) is 10.0 Å². The second kappa shape index (κ2) is 7.40. The average molecular weight is 416 g/mol. The summed E-state index contributed by atoms with van der Waals surface area (Å²) in [4.78, 5) is 12.1. The average Bonchev–Trinajstić information content (AvgIpc) is 2.64. The zero-order valence-corrected chi connectivity index (χ0v) is 15.8. The number of halogens is 2. The summed E-state index contributed by atoms with van der Waals surface area (Å²) in [5, 5.41) is 12.2. The number of nitro groups is 1. The Labute approximate surface area is 160 Å². The zero-order valence-electron chi connectivity index (χ0n) is 13.5. The lowest BCUT2D eigenvalue weighted by Gasteiger charge is -2.35.